The van der Waals surface area contributed by atoms with E-state index in [1.165, 1.54) is 4.90 Å². The average Bonchev–Trinajstić information content (AvgIpc) is 2.58. The van der Waals surface area contributed by atoms with Crippen LogP contribution < -0.4 is 0 Å². The van der Waals surface area contributed by atoms with E-state index in [-0.39, 0.29) is 11.7 Å². The molecule has 1 aromatic rings. The summed E-state index contributed by atoms with van der Waals surface area (Å²) in [5.41, 5.74) is 1.13. The van der Waals surface area contributed by atoms with Gasteiger partial charge in [-0.3, -0.25) is 4.79 Å². The summed E-state index contributed by atoms with van der Waals surface area (Å²) in [6.07, 6.45) is 1.53. The molecule has 2 unspecified atom stereocenters. The number of benzene rings is 1. The van der Waals surface area contributed by atoms with Crippen LogP contribution in [-0.2, 0) is 11.2 Å². The smallest absolute Gasteiger partial charge is 0.306 e. The molecule has 2 N–H and O–H groups in total. The molecule has 0 saturated heterocycles. The molecule has 1 aliphatic rings. The largest absolute Gasteiger partial charge is 0.508 e. The molecule has 1 heterocycles. The quantitative estimate of drug-likeness (QED) is 0.849. The van der Waals surface area contributed by atoms with Gasteiger partial charge in [-0.25, -0.2) is 0 Å². The number of aromatic hydroxyl groups is 1. The van der Waals surface area contributed by atoms with Crippen molar-refractivity contribution in [2.24, 2.45) is 5.92 Å². The highest BCUT2D eigenvalue weighted by atomic mass is 32.2. The van der Waals surface area contributed by atoms with Gasteiger partial charge in [-0.1, -0.05) is 6.92 Å². The minimum Gasteiger partial charge on any atom is -0.508 e. The van der Waals surface area contributed by atoms with E-state index < -0.39 is 5.97 Å². The Bertz CT molecular complexity index is 417. The summed E-state index contributed by atoms with van der Waals surface area (Å²) in [6, 6.07) is 5.35. The molecule has 4 heteroatoms. The summed E-state index contributed by atoms with van der Waals surface area (Å²) >= 11 is 1.72. The number of hydrogen-bond donors (Lipinski definition) is 2. The van der Waals surface area contributed by atoms with Gasteiger partial charge in [0.25, 0.3) is 0 Å². The minimum absolute atomic E-state index is 0.284. The first-order valence-electron chi connectivity index (χ1n) is 5.27. The Balaban J connectivity index is 2.03. The number of rotatable bonds is 3. The van der Waals surface area contributed by atoms with Gasteiger partial charge in [-0.15, -0.1) is 11.8 Å². The van der Waals surface area contributed by atoms with Crippen LogP contribution in [0.3, 0.4) is 0 Å². The van der Waals surface area contributed by atoms with Crippen LogP contribution >= 0.6 is 11.8 Å². The summed E-state index contributed by atoms with van der Waals surface area (Å²) in [7, 11) is 0. The summed E-state index contributed by atoms with van der Waals surface area (Å²) in [5.74, 6) is -0.758. The van der Waals surface area contributed by atoms with Gasteiger partial charge in [0.05, 0.1) is 5.92 Å². The van der Waals surface area contributed by atoms with Crippen LogP contribution in [0.5, 0.6) is 5.75 Å². The van der Waals surface area contributed by atoms with E-state index in [1.807, 2.05) is 6.07 Å². The topological polar surface area (TPSA) is 57.5 Å². The predicted octanol–water partition coefficient (Wildman–Crippen LogP) is 2.52. The fraction of sp³-hybridized carbons (Fsp3) is 0.417. The van der Waals surface area contributed by atoms with E-state index in [4.69, 9.17) is 5.11 Å². The number of phenolic OH excluding ortho intramolecular Hbond substituents is 1. The van der Waals surface area contributed by atoms with Crippen molar-refractivity contribution in [2.75, 3.05) is 0 Å². The maximum Gasteiger partial charge on any atom is 0.306 e. The van der Waals surface area contributed by atoms with Gasteiger partial charge in [0.15, 0.2) is 0 Å². The molecule has 16 heavy (non-hydrogen) atoms. The molecular weight excluding hydrogens is 224 g/mol. The Morgan fingerprint density at radius 3 is 3.06 bits per heavy atom. The molecule has 0 fully saturated rings. The Hall–Kier alpha value is -1.16. The number of carboxylic acid groups (broad SMARTS) is 1. The monoisotopic (exact) mass is 238 g/mol. The van der Waals surface area contributed by atoms with Crippen molar-refractivity contribution in [3.05, 3.63) is 23.8 Å². The fourth-order valence-corrected chi connectivity index (χ4v) is 3.38. The van der Waals surface area contributed by atoms with Crippen LogP contribution in [0.4, 0.5) is 0 Å². The van der Waals surface area contributed by atoms with Crippen LogP contribution in [0.15, 0.2) is 23.1 Å². The van der Waals surface area contributed by atoms with Crippen molar-refractivity contribution < 1.29 is 15.0 Å². The molecule has 86 valence electrons. The van der Waals surface area contributed by atoms with Crippen LogP contribution in [0.25, 0.3) is 0 Å². The second-order valence-electron chi connectivity index (χ2n) is 4.21. The molecule has 1 aliphatic heterocycles. The molecular formula is C12H14O3S. The van der Waals surface area contributed by atoms with Crippen LogP contribution in [0.1, 0.15) is 18.9 Å². The van der Waals surface area contributed by atoms with Gasteiger partial charge in [0.1, 0.15) is 5.75 Å². The lowest BCUT2D eigenvalue weighted by atomic mass is 10.0. The highest BCUT2D eigenvalue weighted by Crippen LogP contribution is 2.40. The van der Waals surface area contributed by atoms with Crippen molar-refractivity contribution >= 4 is 17.7 Å². The Kier molecular flexibility index (Phi) is 3.10. The molecule has 3 nitrogen and oxygen atoms in total. The zero-order valence-corrected chi connectivity index (χ0v) is 9.83. The van der Waals surface area contributed by atoms with Crippen LogP contribution in [0, 0.1) is 5.92 Å². The Labute approximate surface area is 98.5 Å². The third-order valence-corrected chi connectivity index (χ3v) is 4.17. The van der Waals surface area contributed by atoms with Gasteiger partial charge < -0.3 is 10.2 Å². The summed E-state index contributed by atoms with van der Waals surface area (Å²) in [4.78, 5) is 11.9. The fourth-order valence-electron chi connectivity index (χ4n) is 1.93. The van der Waals surface area contributed by atoms with Crippen molar-refractivity contribution in [1.29, 1.82) is 0 Å². The molecule has 0 amide bonds. The maximum atomic E-state index is 10.8. The first-order valence-corrected chi connectivity index (χ1v) is 6.15. The summed E-state index contributed by atoms with van der Waals surface area (Å²) in [5, 5.41) is 18.5. The third-order valence-electron chi connectivity index (χ3n) is 2.82. The van der Waals surface area contributed by atoms with Crippen molar-refractivity contribution in [2.45, 2.75) is 29.9 Å². The van der Waals surface area contributed by atoms with Gasteiger partial charge in [-0.2, -0.15) is 0 Å². The second kappa shape index (κ2) is 4.37. The summed E-state index contributed by atoms with van der Waals surface area (Å²) in [6.45, 7) is 1.74. The van der Waals surface area contributed by atoms with E-state index in [2.05, 4.69) is 0 Å². The van der Waals surface area contributed by atoms with Crippen molar-refractivity contribution in [3.8, 4) is 5.75 Å². The first-order chi connectivity index (χ1) is 7.56. The van der Waals surface area contributed by atoms with Crippen LogP contribution in [0.2, 0.25) is 0 Å². The number of fused-ring (bicyclic) bond motifs is 1. The normalized spacial score (nSPS) is 20.4. The molecule has 0 radical (unpaired) electrons. The zero-order chi connectivity index (χ0) is 11.7. The van der Waals surface area contributed by atoms with Crippen LogP contribution in [-0.4, -0.2) is 21.4 Å². The second-order valence-corrected chi connectivity index (χ2v) is 5.55. The maximum absolute atomic E-state index is 10.8. The van der Waals surface area contributed by atoms with E-state index in [9.17, 15) is 9.90 Å². The van der Waals surface area contributed by atoms with Gasteiger partial charge >= 0.3 is 5.97 Å². The average molecular weight is 238 g/mol. The lowest BCUT2D eigenvalue weighted by molar-refractivity contribution is -0.141. The van der Waals surface area contributed by atoms with Gasteiger partial charge in [-0.05, 0) is 36.6 Å². The standard InChI is InChI=1S/C12H14O3S/c1-7(12(14)15)4-10-6-8-5-9(13)2-3-11(8)16-10/h2-3,5,7,10,13H,4,6H2,1H3,(H,14,15). The third kappa shape index (κ3) is 2.32. The highest BCUT2D eigenvalue weighted by molar-refractivity contribution is 8.00. The zero-order valence-electron chi connectivity index (χ0n) is 9.01. The van der Waals surface area contributed by atoms with Crippen molar-refractivity contribution in [3.63, 3.8) is 0 Å². The first kappa shape index (κ1) is 11.3. The lowest BCUT2D eigenvalue weighted by Gasteiger charge is -2.11. The van der Waals surface area contributed by atoms with E-state index >= 15 is 0 Å². The molecule has 0 bridgehead atoms. The van der Waals surface area contributed by atoms with E-state index in [0.717, 1.165) is 12.0 Å². The Morgan fingerprint density at radius 2 is 2.38 bits per heavy atom. The highest BCUT2D eigenvalue weighted by Gasteiger charge is 2.26. The molecule has 2 rings (SSSR count). The molecule has 1 aromatic carbocycles. The number of thioether (sulfide) groups is 1. The molecule has 2 atom stereocenters. The van der Waals surface area contributed by atoms with Crippen molar-refractivity contribution in [1.82, 2.24) is 0 Å². The minimum atomic E-state index is -0.737. The van der Waals surface area contributed by atoms with Gasteiger partial charge in [0, 0.05) is 10.1 Å². The number of hydrogen-bond acceptors (Lipinski definition) is 3. The number of carboxylic acids is 1. The molecule has 0 aromatic heterocycles. The van der Waals surface area contributed by atoms with E-state index in [0.29, 0.717) is 11.7 Å². The number of aliphatic carboxylic acids is 1. The predicted molar refractivity (Wildman–Crippen MR) is 62.9 cm³/mol. The SMILES string of the molecule is CC(CC1Cc2cc(O)ccc2S1)C(=O)O. The number of phenols is 1. The molecule has 0 aliphatic carbocycles. The number of carbonyl (C=O) groups is 1. The lowest BCUT2D eigenvalue weighted by Crippen LogP contribution is -2.15. The summed E-state index contributed by atoms with van der Waals surface area (Å²) < 4.78 is 0. The molecule has 0 spiro atoms. The Morgan fingerprint density at radius 1 is 1.62 bits per heavy atom. The van der Waals surface area contributed by atoms with E-state index in [1.54, 1.807) is 30.8 Å². The molecule has 0 saturated carbocycles. The van der Waals surface area contributed by atoms with Gasteiger partial charge in [0.2, 0.25) is 0 Å².